The predicted molar refractivity (Wildman–Crippen MR) is 85.8 cm³/mol. The second-order valence-corrected chi connectivity index (χ2v) is 7.05. The molecule has 4 nitrogen and oxygen atoms in total. The van der Waals surface area contributed by atoms with E-state index in [4.69, 9.17) is 0 Å². The van der Waals surface area contributed by atoms with E-state index in [0.29, 0.717) is 11.8 Å². The van der Waals surface area contributed by atoms with Crippen LogP contribution >= 0.6 is 0 Å². The van der Waals surface area contributed by atoms with E-state index in [9.17, 15) is 9.59 Å². The summed E-state index contributed by atoms with van der Waals surface area (Å²) in [5.74, 6) is 0.931. The Bertz CT molecular complexity index is 362. The molecule has 0 spiro atoms. The first-order valence-corrected chi connectivity index (χ1v) is 8.44. The van der Waals surface area contributed by atoms with E-state index in [-0.39, 0.29) is 29.9 Å². The zero-order valence-corrected chi connectivity index (χ0v) is 14.5. The molecule has 1 aliphatic heterocycles. The summed E-state index contributed by atoms with van der Waals surface area (Å²) in [5.41, 5.74) is 0. The van der Waals surface area contributed by atoms with Crippen molar-refractivity contribution < 1.29 is 9.59 Å². The highest BCUT2D eigenvalue weighted by Crippen LogP contribution is 2.25. The van der Waals surface area contributed by atoms with E-state index in [1.54, 1.807) is 0 Å². The van der Waals surface area contributed by atoms with Crippen molar-refractivity contribution in [1.82, 2.24) is 10.2 Å². The summed E-state index contributed by atoms with van der Waals surface area (Å²) in [4.78, 5) is 27.3. The Morgan fingerprint density at radius 3 is 1.95 bits per heavy atom. The number of nitrogens with zero attached hydrogens (tertiary/aromatic N) is 1. The van der Waals surface area contributed by atoms with Crippen molar-refractivity contribution in [3.05, 3.63) is 0 Å². The lowest BCUT2D eigenvalue weighted by Gasteiger charge is -2.44. The molecule has 21 heavy (non-hydrogen) atoms. The first kappa shape index (κ1) is 18.0. The number of hydrogen-bond donors (Lipinski definition) is 1. The van der Waals surface area contributed by atoms with Crippen LogP contribution in [0.4, 0.5) is 0 Å². The van der Waals surface area contributed by atoms with Gasteiger partial charge in [0, 0.05) is 6.04 Å². The van der Waals surface area contributed by atoms with Crippen LogP contribution < -0.4 is 5.32 Å². The maximum atomic E-state index is 12.9. The number of nitrogens with one attached hydrogen (secondary N) is 1. The Kier molecular flexibility index (Phi) is 6.69. The molecular formula is C17H32N2O2. The first-order valence-electron chi connectivity index (χ1n) is 8.44. The summed E-state index contributed by atoms with van der Waals surface area (Å²) in [6.07, 6.45) is 3.26. The fourth-order valence-electron chi connectivity index (χ4n) is 3.20. The molecular weight excluding hydrogens is 264 g/mol. The fourth-order valence-corrected chi connectivity index (χ4v) is 3.20. The fraction of sp³-hybridized carbons (Fsp3) is 0.882. The quantitative estimate of drug-likeness (QED) is 0.785. The molecule has 1 fully saturated rings. The highest BCUT2D eigenvalue weighted by Gasteiger charge is 2.42. The largest absolute Gasteiger partial charge is 0.342 e. The third-order valence-corrected chi connectivity index (χ3v) is 4.25. The second-order valence-electron chi connectivity index (χ2n) is 7.05. The molecule has 0 aliphatic carbocycles. The molecule has 122 valence electrons. The number of carbonyl (C=O) groups is 2. The maximum absolute atomic E-state index is 12.9. The zero-order valence-electron chi connectivity index (χ0n) is 14.5. The summed E-state index contributed by atoms with van der Waals surface area (Å²) in [5, 5.41) is 2.96. The van der Waals surface area contributed by atoms with Gasteiger partial charge in [0.2, 0.25) is 11.8 Å². The van der Waals surface area contributed by atoms with Crippen LogP contribution in [-0.2, 0) is 9.59 Å². The summed E-state index contributed by atoms with van der Waals surface area (Å²) in [7, 11) is 0. The van der Waals surface area contributed by atoms with Crippen molar-refractivity contribution in [2.75, 3.05) is 0 Å². The third kappa shape index (κ3) is 4.45. The van der Waals surface area contributed by atoms with Gasteiger partial charge in [0.15, 0.2) is 0 Å². The summed E-state index contributed by atoms with van der Waals surface area (Å²) in [6, 6.07) is -0.478. The van der Waals surface area contributed by atoms with Gasteiger partial charge in [0.05, 0.1) is 0 Å². The molecule has 0 saturated carbocycles. The van der Waals surface area contributed by atoms with Crippen LogP contribution in [0.3, 0.4) is 0 Å². The third-order valence-electron chi connectivity index (χ3n) is 4.25. The van der Waals surface area contributed by atoms with Crippen molar-refractivity contribution >= 4 is 11.8 Å². The topological polar surface area (TPSA) is 49.4 Å². The molecule has 0 bridgehead atoms. The van der Waals surface area contributed by atoms with Gasteiger partial charge in [-0.05, 0) is 37.5 Å². The molecule has 2 unspecified atom stereocenters. The highest BCUT2D eigenvalue weighted by atomic mass is 16.2. The molecule has 1 heterocycles. The minimum atomic E-state index is -0.346. The first-order chi connectivity index (χ1) is 9.81. The number of amides is 2. The van der Waals surface area contributed by atoms with Gasteiger partial charge in [-0.3, -0.25) is 9.59 Å². The Morgan fingerprint density at radius 2 is 1.52 bits per heavy atom. The monoisotopic (exact) mass is 296 g/mol. The maximum Gasteiger partial charge on any atom is 0.246 e. The standard InChI is InChI=1S/C17H32N2O2/c1-7-13(8-2)19-15(10-12(5)6)16(20)18-14(17(19)21)9-11(3)4/h11-15H,7-10H2,1-6H3,(H,18,20). The van der Waals surface area contributed by atoms with E-state index < -0.39 is 0 Å². The van der Waals surface area contributed by atoms with Crippen LogP contribution in [0.5, 0.6) is 0 Å². The number of rotatable bonds is 7. The van der Waals surface area contributed by atoms with Gasteiger partial charge in [0.25, 0.3) is 0 Å². The molecule has 1 aliphatic rings. The molecule has 4 heteroatoms. The molecule has 1 N–H and O–H groups in total. The molecule has 0 aromatic heterocycles. The van der Waals surface area contributed by atoms with Gasteiger partial charge in [-0.15, -0.1) is 0 Å². The lowest BCUT2D eigenvalue weighted by molar-refractivity contribution is -0.153. The highest BCUT2D eigenvalue weighted by molar-refractivity contribution is 5.97. The minimum absolute atomic E-state index is 0.0286. The lowest BCUT2D eigenvalue weighted by Crippen LogP contribution is -2.66. The molecule has 0 aromatic rings. The van der Waals surface area contributed by atoms with Crippen molar-refractivity contribution in [1.29, 1.82) is 0 Å². The van der Waals surface area contributed by atoms with E-state index in [0.717, 1.165) is 25.7 Å². The average molecular weight is 296 g/mol. The van der Waals surface area contributed by atoms with Crippen LogP contribution in [0.15, 0.2) is 0 Å². The second kappa shape index (κ2) is 7.81. The molecule has 1 rings (SSSR count). The Balaban J connectivity index is 3.04. The normalized spacial score (nSPS) is 23.4. The number of carbonyl (C=O) groups excluding carboxylic acids is 2. The van der Waals surface area contributed by atoms with Gasteiger partial charge in [-0.1, -0.05) is 41.5 Å². The zero-order chi connectivity index (χ0) is 16.2. The number of piperazine rings is 1. The van der Waals surface area contributed by atoms with Gasteiger partial charge >= 0.3 is 0 Å². The molecule has 0 radical (unpaired) electrons. The van der Waals surface area contributed by atoms with Gasteiger partial charge < -0.3 is 10.2 Å². The Morgan fingerprint density at radius 1 is 1.00 bits per heavy atom. The lowest BCUT2D eigenvalue weighted by atomic mass is 9.92. The van der Waals surface area contributed by atoms with Crippen LogP contribution in [0.2, 0.25) is 0 Å². The minimum Gasteiger partial charge on any atom is -0.342 e. The van der Waals surface area contributed by atoms with Crippen molar-refractivity contribution in [3.63, 3.8) is 0 Å². The summed E-state index contributed by atoms with van der Waals surface area (Å²) >= 11 is 0. The van der Waals surface area contributed by atoms with E-state index >= 15 is 0 Å². The molecule has 1 saturated heterocycles. The summed E-state index contributed by atoms with van der Waals surface area (Å²) in [6.45, 7) is 12.6. The summed E-state index contributed by atoms with van der Waals surface area (Å²) < 4.78 is 0. The number of hydrogen-bond acceptors (Lipinski definition) is 2. The molecule has 0 aromatic carbocycles. The van der Waals surface area contributed by atoms with Crippen molar-refractivity contribution in [2.24, 2.45) is 11.8 Å². The van der Waals surface area contributed by atoms with E-state index in [1.165, 1.54) is 0 Å². The van der Waals surface area contributed by atoms with Crippen molar-refractivity contribution in [2.45, 2.75) is 85.4 Å². The van der Waals surface area contributed by atoms with Gasteiger partial charge in [-0.2, -0.15) is 0 Å². The average Bonchev–Trinajstić information content (AvgIpc) is 2.38. The van der Waals surface area contributed by atoms with Crippen LogP contribution in [0, 0.1) is 11.8 Å². The van der Waals surface area contributed by atoms with Gasteiger partial charge in [-0.25, -0.2) is 0 Å². The van der Waals surface area contributed by atoms with E-state index in [2.05, 4.69) is 46.9 Å². The smallest absolute Gasteiger partial charge is 0.246 e. The predicted octanol–water partition coefficient (Wildman–Crippen LogP) is 2.96. The van der Waals surface area contributed by atoms with Gasteiger partial charge in [0.1, 0.15) is 12.1 Å². The molecule has 2 atom stereocenters. The van der Waals surface area contributed by atoms with Crippen LogP contribution in [0.1, 0.15) is 67.2 Å². The van der Waals surface area contributed by atoms with Crippen molar-refractivity contribution in [3.8, 4) is 0 Å². The SMILES string of the molecule is CCC(CC)N1C(=O)C(CC(C)C)NC(=O)C1CC(C)C. The Labute approximate surface area is 129 Å². The van der Waals surface area contributed by atoms with Crippen LogP contribution in [-0.4, -0.2) is 34.8 Å². The Hall–Kier alpha value is -1.06. The van der Waals surface area contributed by atoms with E-state index in [1.807, 2.05) is 4.90 Å². The van der Waals surface area contributed by atoms with Crippen LogP contribution in [0.25, 0.3) is 0 Å². The molecule has 2 amide bonds.